The van der Waals surface area contributed by atoms with Crippen molar-refractivity contribution < 1.29 is 5.11 Å². The van der Waals surface area contributed by atoms with Crippen molar-refractivity contribution in [3.05, 3.63) is 30.1 Å². The van der Waals surface area contributed by atoms with Crippen molar-refractivity contribution in [2.45, 2.75) is 97.0 Å². The van der Waals surface area contributed by atoms with E-state index >= 15 is 0 Å². The summed E-state index contributed by atoms with van der Waals surface area (Å²) in [4.78, 5) is 8.25. The largest absolute Gasteiger partial charge is 0.389 e. The molecule has 174 valence electrons. The summed E-state index contributed by atoms with van der Waals surface area (Å²) >= 11 is 0. The molecule has 6 rings (SSSR count). The van der Waals surface area contributed by atoms with E-state index in [1.165, 1.54) is 51.4 Å². The molecule has 0 amide bonds. The highest BCUT2D eigenvalue weighted by atomic mass is 16.3. The molecule has 2 aromatic rings. The van der Waals surface area contributed by atoms with Crippen LogP contribution in [0.2, 0.25) is 0 Å². The van der Waals surface area contributed by atoms with Crippen LogP contribution < -0.4 is 0 Å². The van der Waals surface area contributed by atoms with Gasteiger partial charge in [0, 0.05) is 6.42 Å². The Morgan fingerprint density at radius 1 is 0.969 bits per heavy atom. The van der Waals surface area contributed by atoms with Gasteiger partial charge in [0.25, 0.3) is 0 Å². The monoisotopic (exact) mass is 434 g/mol. The highest BCUT2D eigenvalue weighted by Crippen LogP contribution is 2.68. The Balaban J connectivity index is 1.21. The summed E-state index contributed by atoms with van der Waals surface area (Å²) in [5.74, 6) is 5.36. The zero-order chi connectivity index (χ0) is 22.1. The molecule has 0 bridgehead atoms. The van der Waals surface area contributed by atoms with Gasteiger partial charge in [-0.25, -0.2) is 4.98 Å². The van der Waals surface area contributed by atoms with Crippen LogP contribution in [-0.4, -0.2) is 20.7 Å². The average molecular weight is 435 g/mol. The number of benzene rings is 1. The molecule has 3 nitrogen and oxygen atoms in total. The van der Waals surface area contributed by atoms with E-state index in [0.29, 0.717) is 23.2 Å². The topological polar surface area (TPSA) is 48.9 Å². The maximum absolute atomic E-state index is 11.7. The minimum absolute atomic E-state index is 0.425. The Kier molecular flexibility index (Phi) is 4.85. The first kappa shape index (κ1) is 21.2. The molecule has 1 unspecified atom stereocenters. The Bertz CT molecular complexity index is 965. The zero-order valence-corrected chi connectivity index (χ0v) is 20.4. The smallest absolute Gasteiger partial charge is 0.110 e. The standard InChI is InChI=1S/C29H42N2O/c1-4-19-10-12-22-21-11-9-20-17-29(32,18-26-30-24-7-5-6-8-25(24)31-26)16-15-28(20,3)23(21)13-14-27(19,22)2/h5-8,19-23,32H,4,9-18H2,1-3H3,(H,30,31)/t19-,20?,21-,22-,23-,27+,28-,29+/m0/s1. The number of aromatic amines is 1. The van der Waals surface area contributed by atoms with Crippen molar-refractivity contribution in [2.24, 2.45) is 40.4 Å². The zero-order valence-electron chi connectivity index (χ0n) is 20.4. The quantitative estimate of drug-likeness (QED) is 0.551. The van der Waals surface area contributed by atoms with Crippen LogP contribution in [0.5, 0.6) is 0 Å². The van der Waals surface area contributed by atoms with Crippen molar-refractivity contribution in [1.82, 2.24) is 9.97 Å². The van der Waals surface area contributed by atoms with Gasteiger partial charge in [0.15, 0.2) is 0 Å². The predicted octanol–water partition coefficient (Wildman–Crippen LogP) is 6.91. The van der Waals surface area contributed by atoms with Crippen LogP contribution in [0.4, 0.5) is 0 Å². The van der Waals surface area contributed by atoms with Gasteiger partial charge in [-0.3, -0.25) is 0 Å². The number of nitrogens with one attached hydrogen (secondary N) is 1. The molecule has 1 aromatic carbocycles. The van der Waals surface area contributed by atoms with Gasteiger partial charge in [-0.2, -0.15) is 0 Å². The second-order valence-corrected chi connectivity index (χ2v) is 12.7. The number of fused-ring (bicyclic) bond motifs is 6. The predicted molar refractivity (Wildman–Crippen MR) is 130 cm³/mol. The lowest BCUT2D eigenvalue weighted by Crippen LogP contribution is -2.56. The van der Waals surface area contributed by atoms with Gasteiger partial charge in [0.05, 0.1) is 16.6 Å². The van der Waals surface area contributed by atoms with E-state index in [2.05, 4.69) is 37.9 Å². The van der Waals surface area contributed by atoms with Crippen LogP contribution in [0.3, 0.4) is 0 Å². The highest BCUT2D eigenvalue weighted by Gasteiger charge is 2.60. The molecule has 2 N–H and O–H groups in total. The lowest BCUT2D eigenvalue weighted by atomic mass is 9.43. The molecule has 0 radical (unpaired) electrons. The number of rotatable bonds is 3. The second-order valence-electron chi connectivity index (χ2n) is 12.7. The van der Waals surface area contributed by atoms with E-state index in [1.54, 1.807) is 0 Å². The maximum atomic E-state index is 11.7. The van der Waals surface area contributed by atoms with Gasteiger partial charge in [0.2, 0.25) is 0 Å². The van der Waals surface area contributed by atoms with Crippen LogP contribution >= 0.6 is 0 Å². The number of aromatic nitrogens is 2. The molecule has 1 heterocycles. The van der Waals surface area contributed by atoms with Crippen molar-refractivity contribution >= 4 is 11.0 Å². The summed E-state index contributed by atoms with van der Waals surface area (Å²) in [6, 6.07) is 8.22. The summed E-state index contributed by atoms with van der Waals surface area (Å²) in [7, 11) is 0. The number of hydrogen-bond acceptors (Lipinski definition) is 2. The van der Waals surface area contributed by atoms with E-state index in [-0.39, 0.29) is 0 Å². The molecule has 4 aliphatic rings. The number of para-hydroxylation sites is 2. The molecule has 3 heteroatoms. The van der Waals surface area contributed by atoms with Crippen LogP contribution in [-0.2, 0) is 6.42 Å². The number of nitrogens with zero attached hydrogens (tertiary/aromatic N) is 1. The maximum Gasteiger partial charge on any atom is 0.110 e. The molecule has 4 saturated carbocycles. The molecule has 0 spiro atoms. The van der Waals surface area contributed by atoms with E-state index in [1.807, 2.05) is 12.1 Å². The first-order chi connectivity index (χ1) is 15.3. The first-order valence-electron chi connectivity index (χ1n) is 13.5. The third-order valence-corrected chi connectivity index (χ3v) is 11.4. The number of hydrogen-bond donors (Lipinski definition) is 2. The minimum Gasteiger partial charge on any atom is -0.389 e. The summed E-state index contributed by atoms with van der Waals surface area (Å²) in [5.41, 5.74) is 2.53. The van der Waals surface area contributed by atoms with E-state index in [0.717, 1.165) is 53.4 Å². The van der Waals surface area contributed by atoms with Crippen LogP contribution in [0.25, 0.3) is 11.0 Å². The SMILES string of the molecule is CC[C@H]1CC[C@H]2[C@@H]3CCC4C[C@@](O)(Cc5nc6ccccc6[nH]5)CC[C@]4(C)[C@H]3CC[C@]12C. The summed E-state index contributed by atoms with van der Waals surface area (Å²) in [6.07, 6.45) is 13.7. The minimum atomic E-state index is -0.602. The molecule has 4 fully saturated rings. The summed E-state index contributed by atoms with van der Waals surface area (Å²) in [6.45, 7) is 7.69. The second kappa shape index (κ2) is 7.32. The summed E-state index contributed by atoms with van der Waals surface area (Å²) < 4.78 is 0. The average Bonchev–Trinajstić information content (AvgIpc) is 3.33. The van der Waals surface area contributed by atoms with Gasteiger partial charge in [0.1, 0.15) is 5.82 Å². The van der Waals surface area contributed by atoms with Gasteiger partial charge in [-0.15, -0.1) is 0 Å². The van der Waals surface area contributed by atoms with Crippen LogP contribution in [0.15, 0.2) is 24.3 Å². The first-order valence-corrected chi connectivity index (χ1v) is 13.5. The molecule has 8 atom stereocenters. The van der Waals surface area contributed by atoms with E-state index in [9.17, 15) is 5.11 Å². The molecular weight excluding hydrogens is 392 g/mol. The molecule has 0 aliphatic heterocycles. The van der Waals surface area contributed by atoms with Crippen molar-refractivity contribution in [3.8, 4) is 0 Å². The normalized spacial score (nSPS) is 45.9. The number of H-pyrrole nitrogens is 1. The van der Waals surface area contributed by atoms with Crippen molar-refractivity contribution in [1.29, 1.82) is 0 Å². The number of imidazole rings is 1. The lowest BCUT2D eigenvalue weighted by Gasteiger charge is -2.62. The van der Waals surface area contributed by atoms with Gasteiger partial charge in [-0.1, -0.05) is 39.3 Å². The Morgan fingerprint density at radius 2 is 1.78 bits per heavy atom. The highest BCUT2D eigenvalue weighted by molar-refractivity contribution is 5.74. The fourth-order valence-corrected chi connectivity index (χ4v) is 9.66. The summed E-state index contributed by atoms with van der Waals surface area (Å²) in [5, 5.41) is 11.7. The van der Waals surface area contributed by atoms with Crippen molar-refractivity contribution in [3.63, 3.8) is 0 Å². The fraction of sp³-hybridized carbons (Fsp3) is 0.759. The number of aliphatic hydroxyl groups is 1. The Morgan fingerprint density at radius 3 is 2.59 bits per heavy atom. The molecular formula is C29H42N2O. The molecule has 0 saturated heterocycles. The Labute approximate surface area is 193 Å². The van der Waals surface area contributed by atoms with Crippen LogP contribution in [0.1, 0.15) is 90.8 Å². The van der Waals surface area contributed by atoms with E-state index in [4.69, 9.17) is 4.98 Å². The van der Waals surface area contributed by atoms with Gasteiger partial charge in [-0.05, 0) is 110 Å². The van der Waals surface area contributed by atoms with Crippen molar-refractivity contribution in [2.75, 3.05) is 0 Å². The molecule has 1 aromatic heterocycles. The fourth-order valence-electron chi connectivity index (χ4n) is 9.66. The Hall–Kier alpha value is -1.35. The van der Waals surface area contributed by atoms with Gasteiger partial charge < -0.3 is 10.1 Å². The van der Waals surface area contributed by atoms with Crippen LogP contribution in [0, 0.1) is 40.4 Å². The van der Waals surface area contributed by atoms with E-state index < -0.39 is 5.60 Å². The molecule has 32 heavy (non-hydrogen) atoms. The molecule has 4 aliphatic carbocycles. The lowest BCUT2D eigenvalue weighted by molar-refractivity contribution is -0.150. The third-order valence-electron chi connectivity index (χ3n) is 11.4. The third kappa shape index (κ3) is 3.06. The van der Waals surface area contributed by atoms with Gasteiger partial charge >= 0.3 is 0 Å².